The zero-order valence-corrected chi connectivity index (χ0v) is 12.8. The number of rotatable bonds is 5. The Labute approximate surface area is 123 Å². The summed E-state index contributed by atoms with van der Waals surface area (Å²) < 4.78 is 0. The molecule has 0 saturated carbocycles. The van der Waals surface area contributed by atoms with Crippen molar-refractivity contribution in [3.63, 3.8) is 0 Å². The Morgan fingerprint density at radius 2 is 2.20 bits per heavy atom. The van der Waals surface area contributed by atoms with E-state index in [2.05, 4.69) is 34.7 Å². The average Bonchev–Trinajstić information content (AvgIpc) is 2.83. The first-order valence-corrected chi connectivity index (χ1v) is 7.40. The summed E-state index contributed by atoms with van der Waals surface area (Å²) in [7, 11) is 1.78. The quantitative estimate of drug-likeness (QED) is 0.890. The molecule has 106 valence electrons. The molecule has 2 rings (SSSR count). The molecule has 0 aliphatic rings. The average molecular weight is 289 g/mol. The van der Waals surface area contributed by atoms with E-state index in [9.17, 15) is 4.79 Å². The van der Waals surface area contributed by atoms with Crippen LogP contribution in [0.3, 0.4) is 0 Å². The molecule has 0 bridgehead atoms. The lowest BCUT2D eigenvalue weighted by atomic mass is 10.2. The monoisotopic (exact) mass is 289 g/mol. The first-order chi connectivity index (χ1) is 9.58. The molecule has 20 heavy (non-hydrogen) atoms. The Balaban J connectivity index is 1.96. The van der Waals surface area contributed by atoms with Crippen LogP contribution in [0.2, 0.25) is 0 Å². The van der Waals surface area contributed by atoms with Gasteiger partial charge in [0.15, 0.2) is 0 Å². The first kappa shape index (κ1) is 14.5. The molecule has 2 N–H and O–H groups in total. The van der Waals surface area contributed by atoms with Crippen molar-refractivity contribution < 1.29 is 4.79 Å². The van der Waals surface area contributed by atoms with Gasteiger partial charge in [0.25, 0.3) is 5.91 Å². The second-order valence-electron chi connectivity index (χ2n) is 4.77. The van der Waals surface area contributed by atoms with Gasteiger partial charge in [-0.25, -0.2) is 4.98 Å². The molecule has 0 aliphatic heterocycles. The third kappa shape index (κ3) is 3.81. The van der Waals surface area contributed by atoms with Gasteiger partial charge in [0.1, 0.15) is 5.82 Å². The zero-order chi connectivity index (χ0) is 14.5. The summed E-state index contributed by atoms with van der Waals surface area (Å²) in [5.74, 6) is 0.629. The van der Waals surface area contributed by atoms with E-state index in [0.29, 0.717) is 11.4 Å². The highest BCUT2D eigenvalue weighted by Crippen LogP contribution is 2.17. The third-order valence-corrected chi connectivity index (χ3v) is 3.98. The summed E-state index contributed by atoms with van der Waals surface area (Å²) in [4.78, 5) is 18.8. The lowest BCUT2D eigenvalue weighted by Crippen LogP contribution is -2.33. The van der Waals surface area contributed by atoms with E-state index in [4.69, 9.17) is 0 Å². The number of anilines is 1. The number of nitrogens with zero attached hydrogens (tertiary/aromatic N) is 1. The van der Waals surface area contributed by atoms with Gasteiger partial charge in [0, 0.05) is 41.0 Å². The molecule has 0 aromatic carbocycles. The summed E-state index contributed by atoms with van der Waals surface area (Å²) in [6.07, 6.45) is 2.49. The number of nitrogens with one attached hydrogen (secondary N) is 2. The Hall–Kier alpha value is -1.88. The number of carbonyl (C=O) groups is 1. The number of amides is 1. The van der Waals surface area contributed by atoms with Gasteiger partial charge in [-0.2, -0.15) is 0 Å². The van der Waals surface area contributed by atoms with Crippen LogP contribution in [-0.4, -0.2) is 24.0 Å². The molecule has 1 unspecified atom stereocenters. The number of aryl methyl sites for hydroxylation is 1. The van der Waals surface area contributed by atoms with Crippen molar-refractivity contribution >= 4 is 23.1 Å². The highest BCUT2D eigenvalue weighted by Gasteiger charge is 2.11. The minimum atomic E-state index is -0.0651. The topological polar surface area (TPSA) is 54.0 Å². The molecule has 2 heterocycles. The molecule has 0 fully saturated rings. The molecule has 0 spiro atoms. The smallest absolute Gasteiger partial charge is 0.251 e. The molecule has 1 atom stereocenters. The summed E-state index contributed by atoms with van der Waals surface area (Å²) in [6.45, 7) is 4.11. The fourth-order valence-corrected chi connectivity index (χ4v) is 2.98. The van der Waals surface area contributed by atoms with E-state index >= 15 is 0 Å². The standard InChI is InChI=1S/C15H19N3OS/c1-10(8-13-5-4-11(2)20-13)18-15(19)12-6-7-17-14(9-12)16-3/h4-7,9-10H,8H2,1-3H3,(H,16,17)(H,18,19). The largest absolute Gasteiger partial charge is 0.373 e. The van der Waals surface area contributed by atoms with Crippen LogP contribution in [0, 0.1) is 6.92 Å². The van der Waals surface area contributed by atoms with Crippen LogP contribution < -0.4 is 10.6 Å². The summed E-state index contributed by atoms with van der Waals surface area (Å²) >= 11 is 1.77. The van der Waals surface area contributed by atoms with Crippen molar-refractivity contribution in [2.75, 3.05) is 12.4 Å². The molecule has 0 radical (unpaired) electrons. The maximum absolute atomic E-state index is 12.2. The molecule has 0 aliphatic carbocycles. The second-order valence-corrected chi connectivity index (χ2v) is 6.14. The predicted octanol–water partition coefficient (Wildman–Crippen LogP) is 2.85. The van der Waals surface area contributed by atoms with Gasteiger partial charge in [-0.15, -0.1) is 11.3 Å². The van der Waals surface area contributed by atoms with Gasteiger partial charge < -0.3 is 10.6 Å². The van der Waals surface area contributed by atoms with E-state index in [1.165, 1.54) is 9.75 Å². The Kier molecular flexibility index (Phi) is 4.74. The maximum atomic E-state index is 12.2. The molecule has 5 heteroatoms. The van der Waals surface area contributed by atoms with Crippen molar-refractivity contribution in [2.45, 2.75) is 26.3 Å². The lowest BCUT2D eigenvalue weighted by Gasteiger charge is -2.13. The van der Waals surface area contributed by atoms with Crippen LogP contribution in [0.4, 0.5) is 5.82 Å². The third-order valence-electron chi connectivity index (χ3n) is 2.96. The van der Waals surface area contributed by atoms with Gasteiger partial charge in [-0.3, -0.25) is 4.79 Å². The maximum Gasteiger partial charge on any atom is 0.251 e. The second kappa shape index (κ2) is 6.52. The van der Waals surface area contributed by atoms with Crippen LogP contribution in [-0.2, 0) is 6.42 Å². The summed E-state index contributed by atoms with van der Waals surface area (Å²) in [5, 5.41) is 5.95. The van der Waals surface area contributed by atoms with Crippen molar-refractivity contribution in [3.05, 3.63) is 45.8 Å². The molecule has 4 nitrogen and oxygen atoms in total. The highest BCUT2D eigenvalue weighted by atomic mass is 32.1. The Morgan fingerprint density at radius 1 is 1.40 bits per heavy atom. The summed E-state index contributed by atoms with van der Waals surface area (Å²) in [5.41, 5.74) is 0.624. The van der Waals surface area contributed by atoms with Gasteiger partial charge >= 0.3 is 0 Å². The van der Waals surface area contributed by atoms with E-state index in [1.54, 1.807) is 36.7 Å². The van der Waals surface area contributed by atoms with Crippen molar-refractivity contribution in [3.8, 4) is 0 Å². The van der Waals surface area contributed by atoms with E-state index in [-0.39, 0.29) is 11.9 Å². The first-order valence-electron chi connectivity index (χ1n) is 6.58. The Bertz CT molecular complexity index is 594. The Morgan fingerprint density at radius 3 is 2.85 bits per heavy atom. The van der Waals surface area contributed by atoms with Crippen LogP contribution in [0.15, 0.2) is 30.5 Å². The van der Waals surface area contributed by atoms with Crippen LogP contribution >= 0.6 is 11.3 Å². The fourth-order valence-electron chi connectivity index (χ4n) is 1.96. The van der Waals surface area contributed by atoms with Crippen molar-refractivity contribution in [2.24, 2.45) is 0 Å². The molecule has 2 aromatic rings. The summed E-state index contributed by atoms with van der Waals surface area (Å²) in [6, 6.07) is 7.80. The number of aromatic nitrogens is 1. The van der Waals surface area contributed by atoms with Crippen LogP contribution in [0.25, 0.3) is 0 Å². The molecule has 1 amide bonds. The van der Waals surface area contributed by atoms with Crippen LogP contribution in [0.5, 0.6) is 0 Å². The predicted molar refractivity (Wildman–Crippen MR) is 83.5 cm³/mol. The number of hydrogen-bond donors (Lipinski definition) is 2. The van der Waals surface area contributed by atoms with E-state index in [0.717, 1.165) is 6.42 Å². The number of carbonyl (C=O) groups excluding carboxylic acids is 1. The molecule has 2 aromatic heterocycles. The minimum Gasteiger partial charge on any atom is -0.373 e. The zero-order valence-electron chi connectivity index (χ0n) is 11.9. The number of hydrogen-bond acceptors (Lipinski definition) is 4. The van der Waals surface area contributed by atoms with E-state index < -0.39 is 0 Å². The SMILES string of the molecule is CNc1cc(C(=O)NC(C)Cc2ccc(C)s2)ccn1. The fraction of sp³-hybridized carbons (Fsp3) is 0.333. The minimum absolute atomic E-state index is 0.0651. The molecular weight excluding hydrogens is 270 g/mol. The van der Waals surface area contributed by atoms with Gasteiger partial charge in [0.2, 0.25) is 0 Å². The van der Waals surface area contributed by atoms with Crippen molar-refractivity contribution in [1.82, 2.24) is 10.3 Å². The lowest BCUT2D eigenvalue weighted by molar-refractivity contribution is 0.0940. The highest BCUT2D eigenvalue weighted by molar-refractivity contribution is 7.11. The number of thiophene rings is 1. The van der Waals surface area contributed by atoms with E-state index in [1.807, 2.05) is 6.92 Å². The normalized spacial score (nSPS) is 11.9. The van der Waals surface area contributed by atoms with Gasteiger partial charge in [-0.1, -0.05) is 0 Å². The van der Waals surface area contributed by atoms with Gasteiger partial charge in [0.05, 0.1) is 0 Å². The number of pyridine rings is 1. The molecular formula is C15H19N3OS. The van der Waals surface area contributed by atoms with Crippen molar-refractivity contribution in [1.29, 1.82) is 0 Å². The van der Waals surface area contributed by atoms with Crippen LogP contribution in [0.1, 0.15) is 27.0 Å². The van der Waals surface area contributed by atoms with Gasteiger partial charge in [-0.05, 0) is 38.1 Å². The molecule has 0 saturated heterocycles.